The number of fused-ring (bicyclic) bond motifs is 1. The van der Waals surface area contributed by atoms with Gasteiger partial charge < -0.3 is 18.4 Å². The molecular weight excluding hydrogens is 469 g/mol. The van der Waals surface area contributed by atoms with Crippen LogP contribution in [-0.4, -0.2) is 45.1 Å². The van der Waals surface area contributed by atoms with E-state index in [-0.39, 0.29) is 25.5 Å². The lowest BCUT2D eigenvalue weighted by atomic mass is 10.0. The lowest BCUT2D eigenvalue weighted by molar-refractivity contribution is -0.155. The maximum absolute atomic E-state index is 13.9. The van der Waals surface area contributed by atoms with Gasteiger partial charge in [-0.2, -0.15) is 0 Å². The number of rotatable bonds is 9. The van der Waals surface area contributed by atoms with E-state index in [0.29, 0.717) is 38.7 Å². The summed E-state index contributed by atoms with van der Waals surface area (Å²) in [5.41, 5.74) is 1.46. The summed E-state index contributed by atoms with van der Waals surface area (Å²) < 4.78 is 32.3. The number of carbonyl (C=O) groups excluding carboxylic acids is 2. The highest BCUT2D eigenvalue weighted by Crippen LogP contribution is 2.50. The van der Waals surface area contributed by atoms with Crippen molar-refractivity contribution in [1.29, 1.82) is 0 Å². The van der Waals surface area contributed by atoms with Gasteiger partial charge in [-0.15, -0.1) is 0 Å². The fourth-order valence-corrected chi connectivity index (χ4v) is 5.56. The van der Waals surface area contributed by atoms with Gasteiger partial charge in [0.15, 0.2) is 5.78 Å². The van der Waals surface area contributed by atoms with Crippen LogP contribution in [0.15, 0.2) is 30.7 Å². The molecule has 1 aromatic carbocycles. The van der Waals surface area contributed by atoms with E-state index in [1.54, 1.807) is 76.8 Å². The topological polar surface area (TPSA) is 110 Å². The summed E-state index contributed by atoms with van der Waals surface area (Å²) in [5, 5.41) is 0.839. The Balaban J connectivity index is 2.32. The molecule has 0 aliphatic heterocycles. The Kier molecular flexibility index (Phi) is 7.94. The third-order valence-electron chi connectivity index (χ3n) is 5.08. The van der Waals surface area contributed by atoms with E-state index in [9.17, 15) is 14.2 Å². The van der Waals surface area contributed by atoms with Gasteiger partial charge in [0, 0.05) is 46.2 Å². The SMILES string of the molecule is CCOP(=O)(OCC)c1cc2c(C(C)=O)cn(CC(=O)OC(C)(C)C)c2cc1-c1cnc(C)nc1. The van der Waals surface area contributed by atoms with Crippen LogP contribution in [0.4, 0.5) is 0 Å². The predicted molar refractivity (Wildman–Crippen MR) is 134 cm³/mol. The summed E-state index contributed by atoms with van der Waals surface area (Å²) in [6.45, 7) is 12.3. The number of hydrogen-bond acceptors (Lipinski definition) is 8. The number of Topliss-reactive ketones (excluding diaryl/α,β-unsaturated/α-hetero) is 1. The molecule has 0 amide bonds. The second kappa shape index (κ2) is 10.4. The van der Waals surface area contributed by atoms with Crippen molar-refractivity contribution in [3.05, 3.63) is 42.1 Å². The number of ketones is 1. The van der Waals surface area contributed by atoms with Gasteiger partial charge in [0.2, 0.25) is 0 Å². The number of carbonyl (C=O) groups is 2. The van der Waals surface area contributed by atoms with Crippen LogP contribution in [-0.2, 0) is 29.7 Å². The second-order valence-electron chi connectivity index (χ2n) is 9.05. The Morgan fingerprint density at radius 3 is 2.17 bits per heavy atom. The van der Waals surface area contributed by atoms with Crippen LogP contribution in [0, 0.1) is 6.92 Å². The number of benzene rings is 1. The summed E-state index contributed by atoms with van der Waals surface area (Å²) in [6.07, 6.45) is 4.87. The van der Waals surface area contributed by atoms with Crippen LogP contribution in [0.5, 0.6) is 0 Å². The van der Waals surface area contributed by atoms with E-state index in [4.69, 9.17) is 13.8 Å². The summed E-state index contributed by atoms with van der Waals surface area (Å²) >= 11 is 0. The number of hydrogen-bond donors (Lipinski definition) is 0. The number of aromatic nitrogens is 3. The number of ether oxygens (including phenoxy) is 1. The van der Waals surface area contributed by atoms with E-state index in [1.807, 2.05) is 0 Å². The highest BCUT2D eigenvalue weighted by molar-refractivity contribution is 7.62. The van der Waals surface area contributed by atoms with Crippen LogP contribution in [0.2, 0.25) is 0 Å². The average Bonchev–Trinajstić information content (AvgIpc) is 3.10. The summed E-state index contributed by atoms with van der Waals surface area (Å²) in [7, 11) is -3.75. The van der Waals surface area contributed by atoms with Crippen molar-refractivity contribution in [2.75, 3.05) is 13.2 Å². The Morgan fingerprint density at radius 1 is 1.06 bits per heavy atom. The highest BCUT2D eigenvalue weighted by Gasteiger charge is 2.32. The third kappa shape index (κ3) is 6.04. The van der Waals surface area contributed by atoms with Crippen LogP contribution >= 0.6 is 7.60 Å². The molecule has 35 heavy (non-hydrogen) atoms. The van der Waals surface area contributed by atoms with Gasteiger partial charge in [0.1, 0.15) is 18.0 Å². The van der Waals surface area contributed by atoms with Gasteiger partial charge in [0.25, 0.3) is 0 Å². The summed E-state index contributed by atoms with van der Waals surface area (Å²) in [6, 6.07) is 3.42. The maximum Gasteiger partial charge on any atom is 0.361 e. The molecule has 3 aromatic rings. The van der Waals surface area contributed by atoms with Crippen molar-refractivity contribution in [1.82, 2.24) is 14.5 Å². The van der Waals surface area contributed by atoms with Crippen molar-refractivity contribution in [2.24, 2.45) is 0 Å². The minimum atomic E-state index is -3.75. The molecule has 0 radical (unpaired) electrons. The molecule has 0 aliphatic carbocycles. The van der Waals surface area contributed by atoms with Gasteiger partial charge >= 0.3 is 13.6 Å². The largest absolute Gasteiger partial charge is 0.459 e. The van der Waals surface area contributed by atoms with Crippen LogP contribution in [0.25, 0.3) is 22.0 Å². The molecule has 9 nitrogen and oxygen atoms in total. The van der Waals surface area contributed by atoms with Gasteiger partial charge in [-0.05, 0) is 60.6 Å². The van der Waals surface area contributed by atoms with Crippen molar-refractivity contribution < 1.29 is 27.9 Å². The number of aryl methyl sites for hydroxylation is 1. The Morgan fingerprint density at radius 2 is 1.66 bits per heavy atom. The second-order valence-corrected chi connectivity index (χ2v) is 11.0. The first-order valence-electron chi connectivity index (χ1n) is 11.5. The molecule has 0 fully saturated rings. The van der Waals surface area contributed by atoms with Gasteiger partial charge in [0.05, 0.1) is 18.5 Å². The molecule has 2 aromatic heterocycles. The fourth-order valence-electron chi connectivity index (χ4n) is 3.76. The zero-order valence-electron chi connectivity index (χ0n) is 21.2. The van der Waals surface area contributed by atoms with Gasteiger partial charge in [-0.1, -0.05) is 0 Å². The van der Waals surface area contributed by atoms with Crippen molar-refractivity contribution in [3.63, 3.8) is 0 Å². The molecule has 3 rings (SSSR count). The third-order valence-corrected chi connectivity index (χ3v) is 7.24. The zero-order valence-corrected chi connectivity index (χ0v) is 22.1. The number of esters is 1. The van der Waals surface area contributed by atoms with E-state index < -0.39 is 19.2 Å². The molecule has 0 aliphatic rings. The monoisotopic (exact) mass is 501 g/mol. The molecule has 10 heteroatoms. The Hall–Kier alpha value is -2.87. The molecule has 0 spiro atoms. The molecule has 2 heterocycles. The van der Waals surface area contributed by atoms with Crippen molar-refractivity contribution in [3.8, 4) is 11.1 Å². The first kappa shape index (κ1) is 26.7. The first-order chi connectivity index (χ1) is 16.4. The Bertz CT molecular complexity index is 1280. The molecule has 0 bridgehead atoms. The lowest BCUT2D eigenvalue weighted by Crippen LogP contribution is -2.26. The molecule has 0 atom stereocenters. The quantitative estimate of drug-likeness (QED) is 0.233. The van der Waals surface area contributed by atoms with E-state index in [1.165, 1.54) is 6.92 Å². The summed E-state index contributed by atoms with van der Waals surface area (Å²) in [5.74, 6) is -0.0533. The minimum Gasteiger partial charge on any atom is -0.459 e. The summed E-state index contributed by atoms with van der Waals surface area (Å²) in [4.78, 5) is 33.7. The smallest absolute Gasteiger partial charge is 0.361 e. The molecule has 0 unspecified atom stereocenters. The fraction of sp³-hybridized carbons (Fsp3) is 0.440. The maximum atomic E-state index is 13.9. The predicted octanol–water partition coefficient (Wildman–Crippen LogP) is 4.84. The van der Waals surface area contributed by atoms with Crippen LogP contribution in [0.1, 0.15) is 57.7 Å². The van der Waals surface area contributed by atoms with E-state index >= 15 is 0 Å². The molecule has 0 saturated heterocycles. The van der Waals surface area contributed by atoms with E-state index in [2.05, 4.69) is 9.97 Å². The Labute approximate surface area is 205 Å². The van der Waals surface area contributed by atoms with Crippen molar-refractivity contribution in [2.45, 2.75) is 60.6 Å². The lowest BCUT2D eigenvalue weighted by Gasteiger charge is -2.21. The highest BCUT2D eigenvalue weighted by atomic mass is 31.2. The van der Waals surface area contributed by atoms with E-state index in [0.717, 1.165) is 0 Å². The molecular formula is C25H32N3O6P. The molecule has 0 N–H and O–H groups in total. The van der Waals surface area contributed by atoms with Crippen molar-refractivity contribution >= 4 is 35.6 Å². The van der Waals surface area contributed by atoms with Crippen LogP contribution < -0.4 is 5.30 Å². The van der Waals surface area contributed by atoms with Gasteiger partial charge in [-0.25, -0.2) is 9.97 Å². The first-order valence-corrected chi connectivity index (χ1v) is 13.0. The molecule has 0 saturated carbocycles. The van der Waals surface area contributed by atoms with Crippen LogP contribution in [0.3, 0.4) is 0 Å². The van der Waals surface area contributed by atoms with Gasteiger partial charge in [-0.3, -0.25) is 14.2 Å². The standard InChI is InChI=1S/C25H32N3O6P/c1-8-32-35(31,33-9-2)23-11-20-21(16(3)29)14-28(15-24(30)34-25(5,6)7)22(20)10-19(23)18-12-26-17(4)27-13-18/h10-14H,8-9,15H2,1-7H3. The number of nitrogens with zero attached hydrogens (tertiary/aromatic N) is 3. The minimum absolute atomic E-state index is 0.0984. The zero-order chi connectivity index (χ0) is 26.0. The molecule has 188 valence electrons. The normalized spacial score (nSPS) is 12.2. The average molecular weight is 502 g/mol.